The average molecular weight is 769 g/mol. The predicted molar refractivity (Wildman–Crippen MR) is 238 cm³/mol. The van der Waals surface area contributed by atoms with Crippen molar-refractivity contribution in [2.45, 2.75) is 30.5 Å². The fourth-order valence-electron chi connectivity index (χ4n) is 9.03. The van der Waals surface area contributed by atoms with E-state index in [2.05, 4.69) is 81.8 Å². The Morgan fingerprint density at radius 2 is 1.25 bits per heavy atom. The van der Waals surface area contributed by atoms with Crippen molar-refractivity contribution in [3.8, 4) is 17.2 Å². The summed E-state index contributed by atoms with van der Waals surface area (Å²) in [5.41, 5.74) is 5.67. The molecular weight excluding hydrogens is 719 g/mol. The van der Waals surface area contributed by atoms with E-state index in [4.69, 9.17) is 13.8 Å². The summed E-state index contributed by atoms with van der Waals surface area (Å²) in [7, 11) is -12.4. The molecule has 7 heteroatoms. The topological polar surface area (TPSA) is 31.5 Å². The van der Waals surface area contributed by atoms with Crippen LogP contribution in [0.1, 0.15) is 29.0 Å². The van der Waals surface area contributed by atoms with Crippen LogP contribution in [0.5, 0.6) is 11.5 Å². The molecule has 0 spiro atoms. The molecule has 55 heavy (non-hydrogen) atoms. The molecule has 1 aliphatic heterocycles. The van der Waals surface area contributed by atoms with Crippen LogP contribution in [-0.4, -0.2) is 45.7 Å². The Kier molecular flexibility index (Phi) is 6.63. The number of aromatic nitrogens is 3. The molecule has 0 aliphatic carbocycles. The number of para-hydroxylation sites is 6. The zero-order valence-electron chi connectivity index (χ0n) is 37.4. The van der Waals surface area contributed by atoms with E-state index >= 15 is 0 Å². The van der Waals surface area contributed by atoms with Gasteiger partial charge in [-0.1, -0.05) is 159 Å². The molecule has 1 atom stereocenters. The van der Waals surface area contributed by atoms with E-state index in [1.807, 2.05) is 84.9 Å². The van der Waals surface area contributed by atoms with E-state index in [9.17, 15) is 4.94 Å². The molecule has 268 valence electrons. The van der Waals surface area contributed by atoms with E-state index < -0.39 is 44.4 Å². The zero-order chi connectivity index (χ0) is 43.1. The van der Waals surface area contributed by atoms with Crippen molar-refractivity contribution in [3.05, 3.63) is 187 Å². The molecule has 0 radical (unpaired) electrons. The minimum absolute atomic E-state index is 0.0859. The second-order valence-electron chi connectivity index (χ2n) is 14.0. The van der Waals surface area contributed by atoms with Crippen LogP contribution in [0.15, 0.2) is 176 Å². The van der Waals surface area contributed by atoms with Crippen LogP contribution < -0.4 is 25.5 Å². The van der Waals surface area contributed by atoms with E-state index in [1.54, 1.807) is 25.1 Å². The van der Waals surface area contributed by atoms with Gasteiger partial charge in [-0.15, -0.1) is 0 Å². The monoisotopic (exact) mass is 768 g/mol. The Morgan fingerprint density at radius 1 is 0.636 bits per heavy atom. The fourth-order valence-corrected chi connectivity index (χ4v) is 17.6. The van der Waals surface area contributed by atoms with Crippen LogP contribution in [-0.2, 0) is 4.66 Å². The molecule has 0 amide bonds. The van der Waals surface area contributed by atoms with Gasteiger partial charge in [-0.3, -0.25) is 8.97 Å². The lowest BCUT2D eigenvalue weighted by Crippen LogP contribution is -2.75. The molecule has 9 aromatic rings. The molecule has 0 saturated carbocycles. The molecular formula is C48H43N3OSi3. The fraction of sp³-hybridized carbons (Fsp3) is 0.104. The average Bonchev–Trinajstić information content (AvgIpc) is 3.80. The van der Waals surface area contributed by atoms with Gasteiger partial charge in [-0.05, 0) is 74.3 Å². The summed E-state index contributed by atoms with van der Waals surface area (Å²) in [6.45, 7) is -0.841. The molecule has 1 aliphatic rings. The Bertz CT molecular complexity index is 3110. The van der Waals surface area contributed by atoms with Gasteiger partial charge in [0.25, 0.3) is 0 Å². The van der Waals surface area contributed by atoms with E-state index in [-0.39, 0.29) is 6.04 Å². The van der Waals surface area contributed by atoms with Crippen molar-refractivity contribution in [1.82, 2.24) is 14.0 Å². The lowest BCUT2D eigenvalue weighted by Gasteiger charge is -2.43. The quantitative estimate of drug-likeness (QED) is 0.114. The molecule has 0 bridgehead atoms. The van der Waals surface area contributed by atoms with Crippen molar-refractivity contribution >= 4 is 75.4 Å². The first-order valence-corrected chi connectivity index (χ1v) is 23.2. The highest BCUT2D eigenvalue weighted by Gasteiger charge is 2.48. The molecule has 3 heterocycles. The van der Waals surface area contributed by atoms with Crippen molar-refractivity contribution in [2.24, 2.45) is 0 Å². The minimum Gasteiger partial charge on any atom is -0.457 e. The highest BCUT2D eigenvalue weighted by molar-refractivity contribution is 7.20. The zero-order valence-corrected chi connectivity index (χ0v) is 33.4. The second kappa shape index (κ2) is 13.5. The number of benzene rings is 7. The summed E-state index contributed by atoms with van der Waals surface area (Å²) >= 11 is 0. The lowest BCUT2D eigenvalue weighted by atomic mass is 9.98. The molecule has 0 N–H and O–H groups in total. The van der Waals surface area contributed by atoms with Crippen molar-refractivity contribution in [2.75, 3.05) is 0 Å². The Morgan fingerprint density at radius 3 is 2.02 bits per heavy atom. The van der Waals surface area contributed by atoms with Gasteiger partial charge in [0, 0.05) is 38.2 Å². The number of imidazole rings is 2. The summed E-state index contributed by atoms with van der Waals surface area (Å²) in [5, 5.41) is 3.96. The smallest absolute Gasteiger partial charge is 0.220 e. The molecule has 0 saturated heterocycles. The Labute approximate surface area is 336 Å². The second-order valence-corrected chi connectivity index (χ2v) is 21.5. The van der Waals surface area contributed by atoms with Gasteiger partial charge < -0.3 is 4.74 Å². The predicted octanol–water partition coefficient (Wildman–Crippen LogP) is 7.33. The molecule has 1 unspecified atom stereocenters. The Hall–Kier alpha value is -5.74. The van der Waals surface area contributed by atoms with Gasteiger partial charge in [0.1, 0.15) is 11.5 Å². The van der Waals surface area contributed by atoms with Gasteiger partial charge in [-0.2, -0.15) is 0 Å². The van der Waals surface area contributed by atoms with Crippen LogP contribution >= 0.6 is 0 Å². The normalized spacial score (nSPS) is 17.9. The van der Waals surface area contributed by atoms with Crippen LogP contribution in [0.2, 0.25) is 12.1 Å². The highest BCUT2D eigenvalue weighted by atomic mass is 28.3. The summed E-state index contributed by atoms with van der Waals surface area (Å²) < 4.78 is 75.0. The van der Waals surface area contributed by atoms with E-state index in [0.717, 1.165) is 54.3 Å². The lowest BCUT2D eigenvalue weighted by molar-refractivity contribution is 0.455. The number of ether oxygens (including phenoxy) is 1. The third-order valence-corrected chi connectivity index (χ3v) is 19.7. The van der Waals surface area contributed by atoms with Crippen LogP contribution in [0, 0.1) is 0 Å². The van der Waals surface area contributed by atoms with Crippen LogP contribution in [0.25, 0.3) is 33.5 Å². The minimum atomic E-state index is -4.63. The molecule has 4 nitrogen and oxygen atoms in total. The standard InChI is InChI=1S/C48H43N3OSi3/c1-3-53-48(54-4-2)38-25-11-16-31-44(38)52-46-39(48)26-18-32-45(46)55(35-20-7-5-8-21-35,36-22-9-6-10-23-36)37-24-17-19-34(33-37)50-42-29-14-15-30-43(42)51-41-28-13-12-27-40(41)49-47(50)51/h5-33H,3-4,53-54H2,1-2H3/i1D3,53D2,54D2. The van der Waals surface area contributed by atoms with Crippen molar-refractivity contribution in [3.63, 3.8) is 0 Å². The number of hydrogen-bond acceptors (Lipinski definition) is 2. The maximum absolute atomic E-state index is 10.0. The maximum atomic E-state index is 10.0. The van der Waals surface area contributed by atoms with E-state index in [0.29, 0.717) is 22.6 Å². The molecule has 10 rings (SSSR count). The third kappa shape index (κ3) is 5.03. The van der Waals surface area contributed by atoms with Gasteiger partial charge in [0.2, 0.25) is 5.78 Å². The molecule has 2 aromatic heterocycles. The SMILES string of the molecule is [2H]C([2H])([2H])C[Si]([2H])([2H])C1([Si]([2H])([2H])CC)c2ccccc2Oc2c1cccc2[Si](c1ccccc1)(c1ccccc1)c1cccc(-n2c3ccccc3n3c4ccccc4nc23)c1. The third-order valence-electron chi connectivity index (χ3n) is 11.2. The van der Waals surface area contributed by atoms with Gasteiger partial charge in [0.15, 0.2) is 8.07 Å². The van der Waals surface area contributed by atoms with Crippen molar-refractivity contribution in [1.29, 1.82) is 4.94 Å². The number of hydrogen-bond donors (Lipinski definition) is 0. The van der Waals surface area contributed by atoms with Gasteiger partial charge in [-0.25, -0.2) is 4.98 Å². The van der Waals surface area contributed by atoms with E-state index in [1.165, 1.54) is 0 Å². The first kappa shape index (κ1) is 26.9. The summed E-state index contributed by atoms with van der Waals surface area (Å²) in [4.78, 5) is 5.18. The summed E-state index contributed by atoms with van der Waals surface area (Å²) in [5.74, 6) is 1.56. The molecule has 7 aromatic carbocycles. The summed E-state index contributed by atoms with van der Waals surface area (Å²) in [6.07, 6.45) is 0. The van der Waals surface area contributed by atoms with Gasteiger partial charge in [0.05, 0.1) is 22.1 Å². The summed E-state index contributed by atoms with van der Waals surface area (Å²) in [6, 6.07) is 58.3. The first-order valence-electron chi connectivity index (χ1n) is 22.3. The van der Waals surface area contributed by atoms with Crippen LogP contribution in [0.3, 0.4) is 0 Å². The molecule has 0 fully saturated rings. The maximum Gasteiger partial charge on any atom is 0.220 e. The highest BCUT2D eigenvalue weighted by Crippen LogP contribution is 2.47. The number of nitrogens with zero attached hydrogens (tertiary/aromatic N) is 3. The number of rotatable bonds is 9. The first-order chi connectivity index (χ1) is 29.8. The largest absolute Gasteiger partial charge is 0.457 e. The number of fused-ring (bicyclic) bond motifs is 7. The van der Waals surface area contributed by atoms with Gasteiger partial charge >= 0.3 is 0 Å². The van der Waals surface area contributed by atoms with Crippen LogP contribution in [0.4, 0.5) is 0 Å². The van der Waals surface area contributed by atoms with Crippen molar-refractivity contribution < 1.29 is 8.85 Å². The Balaban J connectivity index is 1.34.